The molecule has 0 aliphatic heterocycles. The standard InChI is InChI=1S/C23H24ClNO5S/c1-16(17-6-5-7-20(14-17)28-2)25(19-10-13-22(29-3)23(15-19)30-4)31(26,27)21-11-8-18(24)9-12-21/h5-16H,1-4H3/t16-/m0/s1. The SMILES string of the molecule is COc1cccc([C@H](C)N(c2ccc(OC)c(OC)c2)S(=O)(=O)c2ccc(Cl)cc2)c1. The molecular weight excluding hydrogens is 438 g/mol. The Hall–Kier alpha value is -2.90. The first-order valence-electron chi connectivity index (χ1n) is 9.47. The minimum atomic E-state index is -3.94. The van der Waals surface area contributed by atoms with Gasteiger partial charge in [-0.05, 0) is 61.0 Å². The number of ether oxygens (including phenoxy) is 3. The van der Waals surface area contributed by atoms with Crippen LogP contribution in [0.3, 0.4) is 0 Å². The second kappa shape index (κ2) is 9.49. The van der Waals surface area contributed by atoms with E-state index in [1.165, 1.54) is 30.7 Å². The van der Waals surface area contributed by atoms with Crippen LogP contribution in [0.15, 0.2) is 71.6 Å². The maximum absolute atomic E-state index is 13.7. The molecule has 0 N–H and O–H groups in total. The third-order valence-corrected chi connectivity index (χ3v) is 7.08. The van der Waals surface area contributed by atoms with Crippen LogP contribution in [0.25, 0.3) is 0 Å². The summed E-state index contributed by atoms with van der Waals surface area (Å²) in [5.74, 6) is 1.57. The van der Waals surface area contributed by atoms with E-state index in [1.54, 1.807) is 37.4 Å². The third-order valence-electron chi connectivity index (χ3n) is 4.92. The lowest BCUT2D eigenvalue weighted by Crippen LogP contribution is -2.33. The summed E-state index contributed by atoms with van der Waals surface area (Å²) in [7, 11) is 0.656. The zero-order valence-corrected chi connectivity index (χ0v) is 19.3. The molecule has 0 fully saturated rings. The maximum Gasteiger partial charge on any atom is 0.264 e. The van der Waals surface area contributed by atoms with Crippen molar-refractivity contribution in [3.63, 3.8) is 0 Å². The van der Waals surface area contributed by atoms with Gasteiger partial charge in [0.15, 0.2) is 11.5 Å². The Morgan fingerprint density at radius 1 is 0.839 bits per heavy atom. The lowest BCUT2D eigenvalue weighted by atomic mass is 10.1. The van der Waals surface area contributed by atoms with Gasteiger partial charge in [0, 0.05) is 11.1 Å². The number of hydrogen-bond donors (Lipinski definition) is 0. The zero-order valence-electron chi connectivity index (χ0n) is 17.7. The van der Waals surface area contributed by atoms with Gasteiger partial charge in [-0.1, -0.05) is 23.7 Å². The molecule has 6 nitrogen and oxygen atoms in total. The Bertz CT molecular complexity index is 1150. The van der Waals surface area contributed by atoms with E-state index < -0.39 is 16.1 Å². The first-order chi connectivity index (χ1) is 14.8. The fraction of sp³-hybridized carbons (Fsp3) is 0.217. The molecule has 0 aromatic heterocycles. The molecule has 0 aliphatic rings. The molecule has 0 amide bonds. The van der Waals surface area contributed by atoms with Crippen molar-refractivity contribution in [2.75, 3.05) is 25.6 Å². The molecule has 164 valence electrons. The Balaban J connectivity index is 2.19. The van der Waals surface area contributed by atoms with Crippen LogP contribution in [-0.4, -0.2) is 29.7 Å². The van der Waals surface area contributed by atoms with Gasteiger partial charge in [0.05, 0.1) is 38.0 Å². The highest BCUT2D eigenvalue weighted by molar-refractivity contribution is 7.92. The van der Waals surface area contributed by atoms with Crippen LogP contribution in [0.5, 0.6) is 17.2 Å². The Morgan fingerprint density at radius 2 is 1.52 bits per heavy atom. The number of rotatable bonds is 8. The van der Waals surface area contributed by atoms with E-state index in [1.807, 2.05) is 31.2 Å². The van der Waals surface area contributed by atoms with E-state index in [9.17, 15) is 8.42 Å². The first-order valence-corrected chi connectivity index (χ1v) is 11.3. The minimum Gasteiger partial charge on any atom is -0.497 e. The number of benzene rings is 3. The van der Waals surface area contributed by atoms with Crippen molar-refractivity contribution in [3.05, 3.63) is 77.3 Å². The number of anilines is 1. The van der Waals surface area contributed by atoms with Crippen molar-refractivity contribution >= 4 is 27.3 Å². The Morgan fingerprint density at radius 3 is 2.13 bits per heavy atom. The van der Waals surface area contributed by atoms with Crippen molar-refractivity contribution in [2.45, 2.75) is 17.9 Å². The summed E-state index contributed by atoms with van der Waals surface area (Å²) in [5.41, 5.74) is 1.20. The molecule has 3 aromatic rings. The highest BCUT2D eigenvalue weighted by atomic mass is 35.5. The summed E-state index contributed by atoms with van der Waals surface area (Å²) < 4.78 is 44.9. The minimum absolute atomic E-state index is 0.126. The predicted molar refractivity (Wildman–Crippen MR) is 122 cm³/mol. The number of methoxy groups -OCH3 is 3. The molecule has 0 radical (unpaired) electrons. The van der Waals surface area contributed by atoms with Gasteiger partial charge in [0.1, 0.15) is 5.75 Å². The zero-order chi connectivity index (χ0) is 22.6. The molecule has 0 heterocycles. The van der Waals surface area contributed by atoms with E-state index in [4.69, 9.17) is 25.8 Å². The van der Waals surface area contributed by atoms with E-state index >= 15 is 0 Å². The summed E-state index contributed by atoms with van der Waals surface area (Å²) in [6, 6.07) is 17.9. The molecule has 0 bridgehead atoms. The van der Waals surface area contributed by atoms with Gasteiger partial charge < -0.3 is 14.2 Å². The van der Waals surface area contributed by atoms with Gasteiger partial charge in [0.2, 0.25) is 0 Å². The summed E-state index contributed by atoms with van der Waals surface area (Å²) in [6.07, 6.45) is 0. The molecule has 31 heavy (non-hydrogen) atoms. The fourth-order valence-electron chi connectivity index (χ4n) is 3.29. The molecule has 0 saturated carbocycles. The largest absolute Gasteiger partial charge is 0.497 e. The fourth-order valence-corrected chi connectivity index (χ4v) is 5.05. The van der Waals surface area contributed by atoms with E-state index in [0.717, 1.165) is 5.56 Å². The Kier molecular flexibility index (Phi) is 6.97. The molecule has 3 rings (SSSR count). The average molecular weight is 462 g/mol. The van der Waals surface area contributed by atoms with Crippen molar-refractivity contribution < 1.29 is 22.6 Å². The van der Waals surface area contributed by atoms with Crippen LogP contribution in [0.1, 0.15) is 18.5 Å². The van der Waals surface area contributed by atoms with Crippen molar-refractivity contribution in [1.82, 2.24) is 0 Å². The van der Waals surface area contributed by atoms with Crippen LogP contribution >= 0.6 is 11.6 Å². The average Bonchev–Trinajstić information content (AvgIpc) is 2.79. The molecule has 0 aliphatic carbocycles. The van der Waals surface area contributed by atoms with Crippen LogP contribution in [-0.2, 0) is 10.0 Å². The first kappa shape index (κ1) is 22.8. The van der Waals surface area contributed by atoms with Crippen molar-refractivity contribution in [1.29, 1.82) is 0 Å². The highest BCUT2D eigenvalue weighted by Gasteiger charge is 2.31. The van der Waals surface area contributed by atoms with Crippen LogP contribution in [0.4, 0.5) is 5.69 Å². The molecule has 8 heteroatoms. The van der Waals surface area contributed by atoms with Gasteiger partial charge in [-0.15, -0.1) is 0 Å². The van der Waals surface area contributed by atoms with Gasteiger partial charge in [-0.2, -0.15) is 0 Å². The van der Waals surface area contributed by atoms with Gasteiger partial charge in [-0.25, -0.2) is 8.42 Å². The maximum atomic E-state index is 13.7. The molecular formula is C23H24ClNO5S. The monoisotopic (exact) mass is 461 g/mol. The lowest BCUT2D eigenvalue weighted by molar-refractivity contribution is 0.355. The Labute approximate surface area is 188 Å². The number of nitrogens with zero attached hydrogens (tertiary/aromatic N) is 1. The second-order valence-electron chi connectivity index (χ2n) is 6.75. The highest BCUT2D eigenvalue weighted by Crippen LogP contribution is 2.39. The van der Waals surface area contributed by atoms with Gasteiger partial charge in [-0.3, -0.25) is 4.31 Å². The normalized spacial score (nSPS) is 12.2. The van der Waals surface area contributed by atoms with E-state index in [2.05, 4.69) is 0 Å². The van der Waals surface area contributed by atoms with Gasteiger partial charge >= 0.3 is 0 Å². The summed E-state index contributed by atoms with van der Waals surface area (Å²) in [5, 5.41) is 0.456. The quantitative estimate of drug-likeness (QED) is 0.454. The second-order valence-corrected chi connectivity index (χ2v) is 9.00. The van der Waals surface area contributed by atoms with Crippen molar-refractivity contribution in [3.8, 4) is 17.2 Å². The third kappa shape index (κ3) is 4.73. The molecule has 1 atom stereocenters. The van der Waals surface area contributed by atoms with Crippen LogP contribution in [0, 0.1) is 0 Å². The smallest absolute Gasteiger partial charge is 0.264 e. The number of sulfonamides is 1. The van der Waals surface area contributed by atoms with Crippen molar-refractivity contribution in [2.24, 2.45) is 0 Å². The van der Waals surface area contributed by atoms with Gasteiger partial charge in [0.25, 0.3) is 10.0 Å². The topological polar surface area (TPSA) is 65.1 Å². The molecule has 3 aromatic carbocycles. The summed E-state index contributed by atoms with van der Waals surface area (Å²) >= 11 is 5.97. The van der Waals surface area contributed by atoms with E-state index in [-0.39, 0.29) is 4.90 Å². The number of halogens is 1. The van der Waals surface area contributed by atoms with Crippen LogP contribution < -0.4 is 18.5 Å². The predicted octanol–water partition coefficient (Wildman–Crippen LogP) is 5.32. The van der Waals surface area contributed by atoms with Crippen LogP contribution in [0.2, 0.25) is 5.02 Å². The van der Waals surface area contributed by atoms with E-state index in [0.29, 0.717) is 28.0 Å². The molecule has 0 unspecified atom stereocenters. The lowest BCUT2D eigenvalue weighted by Gasteiger charge is -2.31. The summed E-state index contributed by atoms with van der Waals surface area (Å²) in [4.78, 5) is 0.126. The molecule has 0 saturated heterocycles. The number of hydrogen-bond acceptors (Lipinski definition) is 5. The summed E-state index contributed by atoms with van der Waals surface area (Å²) in [6.45, 7) is 1.82. The molecule has 0 spiro atoms.